The molecule has 0 bridgehead atoms. The van der Waals surface area contributed by atoms with Crippen molar-refractivity contribution in [2.24, 2.45) is 5.10 Å². The number of amides is 2. The number of benzene rings is 2. The quantitative estimate of drug-likeness (QED) is 0.511. The molecule has 0 aliphatic heterocycles. The number of nitrogens with zero attached hydrogens (tertiary/aromatic N) is 2. The van der Waals surface area contributed by atoms with Gasteiger partial charge in [0, 0.05) is 23.7 Å². The highest BCUT2D eigenvalue weighted by Crippen LogP contribution is 2.10. The molecule has 0 atom stereocenters. The molecule has 0 aliphatic rings. The Morgan fingerprint density at radius 2 is 1.92 bits per heavy atom. The molecule has 0 aromatic heterocycles. The molecule has 0 unspecified atom stereocenters. The minimum atomic E-state index is -0.851. The Hall–Kier alpha value is -3.13. The van der Waals surface area contributed by atoms with E-state index < -0.39 is 23.4 Å². The van der Waals surface area contributed by atoms with Crippen LogP contribution in [0.1, 0.15) is 26.3 Å². The van der Waals surface area contributed by atoms with Crippen LogP contribution in [-0.4, -0.2) is 35.3 Å². The molecular formula is C16H13F2N3O3. The maximum atomic E-state index is 13.9. The molecule has 2 aromatic carbocycles. The Morgan fingerprint density at radius 3 is 2.54 bits per heavy atom. The molecule has 2 N–H and O–H groups in total. The Balaban J connectivity index is 2.15. The molecule has 0 saturated carbocycles. The number of halogens is 2. The molecule has 0 heterocycles. The van der Waals surface area contributed by atoms with Gasteiger partial charge in [0.1, 0.15) is 11.6 Å². The number of hydrogen-bond donors (Lipinski definition) is 2. The van der Waals surface area contributed by atoms with Crippen molar-refractivity contribution in [3.63, 3.8) is 0 Å². The molecule has 6 nitrogen and oxygen atoms in total. The average Bonchev–Trinajstić information content (AvgIpc) is 2.58. The van der Waals surface area contributed by atoms with Crippen LogP contribution in [0.25, 0.3) is 0 Å². The highest BCUT2D eigenvalue weighted by Gasteiger charge is 2.12. The van der Waals surface area contributed by atoms with Gasteiger partial charge in [0.2, 0.25) is 0 Å². The monoisotopic (exact) mass is 333 g/mol. The SMILES string of the molecule is CN(/N=C/c1ccc(C(=O)NO)cc1F)C(=O)c1cccc(F)c1. The van der Waals surface area contributed by atoms with Crippen molar-refractivity contribution in [2.75, 3.05) is 7.05 Å². The molecule has 124 valence electrons. The third-order valence-electron chi connectivity index (χ3n) is 3.10. The fourth-order valence-electron chi connectivity index (χ4n) is 1.85. The van der Waals surface area contributed by atoms with Gasteiger partial charge in [0.25, 0.3) is 11.8 Å². The van der Waals surface area contributed by atoms with E-state index in [4.69, 9.17) is 5.21 Å². The first-order chi connectivity index (χ1) is 11.4. The van der Waals surface area contributed by atoms with Gasteiger partial charge < -0.3 is 0 Å². The molecule has 0 fully saturated rings. The number of rotatable bonds is 4. The zero-order chi connectivity index (χ0) is 17.7. The standard InChI is InChI=1S/C16H13F2N3O3/c1-21(16(23)11-3-2-4-13(17)7-11)19-9-12-6-5-10(8-14(12)18)15(22)20-24/h2-9,24H,1H3,(H,20,22)/b19-9+. The zero-order valence-electron chi connectivity index (χ0n) is 12.5. The Kier molecular flexibility index (Phi) is 5.33. The van der Waals surface area contributed by atoms with Crippen molar-refractivity contribution >= 4 is 18.0 Å². The van der Waals surface area contributed by atoms with E-state index in [0.717, 1.165) is 23.4 Å². The van der Waals surface area contributed by atoms with E-state index >= 15 is 0 Å². The summed E-state index contributed by atoms with van der Waals surface area (Å²) in [6, 6.07) is 8.57. The summed E-state index contributed by atoms with van der Waals surface area (Å²) in [5.41, 5.74) is 1.45. The van der Waals surface area contributed by atoms with Gasteiger partial charge >= 0.3 is 0 Å². The molecule has 2 aromatic rings. The lowest BCUT2D eigenvalue weighted by Crippen LogP contribution is -2.21. The third kappa shape index (κ3) is 3.99. The summed E-state index contributed by atoms with van der Waals surface area (Å²) in [7, 11) is 1.34. The largest absolute Gasteiger partial charge is 0.288 e. The Bertz CT molecular complexity index is 809. The van der Waals surface area contributed by atoms with Gasteiger partial charge in [-0.3, -0.25) is 14.8 Å². The van der Waals surface area contributed by atoms with Crippen LogP contribution >= 0.6 is 0 Å². The Morgan fingerprint density at radius 1 is 1.17 bits per heavy atom. The van der Waals surface area contributed by atoms with Crippen molar-refractivity contribution in [2.45, 2.75) is 0 Å². The van der Waals surface area contributed by atoms with Crippen LogP contribution in [0.15, 0.2) is 47.6 Å². The maximum Gasteiger partial charge on any atom is 0.274 e. The zero-order valence-corrected chi connectivity index (χ0v) is 12.5. The molecule has 24 heavy (non-hydrogen) atoms. The summed E-state index contributed by atoms with van der Waals surface area (Å²) in [6.07, 6.45) is 1.09. The van der Waals surface area contributed by atoms with Crippen LogP contribution in [0.4, 0.5) is 8.78 Å². The van der Waals surface area contributed by atoms with Crippen molar-refractivity contribution in [3.8, 4) is 0 Å². The molecule has 0 radical (unpaired) electrons. The van der Waals surface area contributed by atoms with E-state index in [1.807, 2.05) is 0 Å². The van der Waals surface area contributed by atoms with E-state index in [9.17, 15) is 18.4 Å². The summed E-state index contributed by atoms with van der Waals surface area (Å²) in [5.74, 6) is -2.73. The molecule has 8 heteroatoms. The first-order valence-corrected chi connectivity index (χ1v) is 6.74. The minimum absolute atomic E-state index is 0.0309. The van der Waals surface area contributed by atoms with Crippen molar-refractivity contribution in [3.05, 3.63) is 70.8 Å². The third-order valence-corrected chi connectivity index (χ3v) is 3.10. The van der Waals surface area contributed by atoms with Gasteiger partial charge in [-0.2, -0.15) is 5.10 Å². The highest BCUT2D eigenvalue weighted by atomic mass is 19.1. The smallest absolute Gasteiger partial charge is 0.274 e. The van der Waals surface area contributed by atoms with Gasteiger partial charge in [-0.05, 0) is 36.4 Å². The van der Waals surface area contributed by atoms with Crippen molar-refractivity contribution < 1.29 is 23.6 Å². The van der Waals surface area contributed by atoms with E-state index in [-0.39, 0.29) is 16.7 Å². The second-order valence-electron chi connectivity index (χ2n) is 4.76. The molecule has 0 aliphatic carbocycles. The van der Waals surface area contributed by atoms with Crippen LogP contribution in [0.2, 0.25) is 0 Å². The van der Waals surface area contributed by atoms with Crippen LogP contribution in [-0.2, 0) is 0 Å². The van der Waals surface area contributed by atoms with Crippen LogP contribution in [0.3, 0.4) is 0 Å². The van der Waals surface area contributed by atoms with E-state index in [1.165, 1.54) is 42.9 Å². The van der Waals surface area contributed by atoms with Crippen LogP contribution < -0.4 is 5.48 Å². The maximum absolute atomic E-state index is 13.9. The predicted molar refractivity (Wildman–Crippen MR) is 81.7 cm³/mol. The number of carbonyl (C=O) groups is 2. The van der Waals surface area contributed by atoms with Crippen molar-refractivity contribution in [1.82, 2.24) is 10.5 Å². The topological polar surface area (TPSA) is 82.0 Å². The summed E-state index contributed by atoms with van der Waals surface area (Å²) < 4.78 is 27.0. The molecule has 0 saturated heterocycles. The average molecular weight is 333 g/mol. The molecule has 2 amide bonds. The summed E-state index contributed by atoms with van der Waals surface area (Å²) in [6.45, 7) is 0. The second kappa shape index (κ2) is 7.42. The van der Waals surface area contributed by atoms with Crippen LogP contribution in [0.5, 0.6) is 0 Å². The lowest BCUT2D eigenvalue weighted by atomic mass is 10.1. The lowest BCUT2D eigenvalue weighted by molar-refractivity contribution is 0.0705. The van der Waals surface area contributed by atoms with Crippen LogP contribution in [0, 0.1) is 11.6 Å². The molecule has 2 rings (SSSR count). The number of hydrazone groups is 1. The van der Waals surface area contributed by atoms with Gasteiger partial charge in [-0.25, -0.2) is 19.3 Å². The van der Waals surface area contributed by atoms with E-state index in [2.05, 4.69) is 5.10 Å². The lowest BCUT2D eigenvalue weighted by Gasteiger charge is -2.11. The molecule has 0 spiro atoms. The predicted octanol–water partition coefficient (Wildman–Crippen LogP) is 2.19. The first-order valence-electron chi connectivity index (χ1n) is 6.74. The Labute approximate surface area is 136 Å². The van der Waals surface area contributed by atoms with E-state index in [1.54, 1.807) is 0 Å². The number of carbonyl (C=O) groups excluding carboxylic acids is 2. The number of nitrogens with one attached hydrogen (secondary N) is 1. The second-order valence-corrected chi connectivity index (χ2v) is 4.76. The number of hydroxylamine groups is 1. The first kappa shape index (κ1) is 17.2. The van der Waals surface area contributed by atoms with Crippen molar-refractivity contribution in [1.29, 1.82) is 0 Å². The summed E-state index contributed by atoms with van der Waals surface area (Å²) in [4.78, 5) is 23.2. The highest BCUT2D eigenvalue weighted by molar-refractivity contribution is 5.95. The van der Waals surface area contributed by atoms with Gasteiger partial charge in [0.05, 0.1) is 6.21 Å². The molecular weight excluding hydrogens is 320 g/mol. The van der Waals surface area contributed by atoms with E-state index in [0.29, 0.717) is 0 Å². The fourth-order valence-corrected chi connectivity index (χ4v) is 1.85. The normalized spacial score (nSPS) is 10.7. The van der Waals surface area contributed by atoms with Gasteiger partial charge in [-0.1, -0.05) is 6.07 Å². The summed E-state index contributed by atoms with van der Waals surface area (Å²) in [5, 5.41) is 13.2. The fraction of sp³-hybridized carbons (Fsp3) is 0.0625. The minimum Gasteiger partial charge on any atom is -0.288 e. The van der Waals surface area contributed by atoms with Gasteiger partial charge in [0.15, 0.2) is 0 Å². The van der Waals surface area contributed by atoms with Gasteiger partial charge in [-0.15, -0.1) is 0 Å². The number of hydrogen-bond acceptors (Lipinski definition) is 4. The summed E-state index contributed by atoms with van der Waals surface area (Å²) >= 11 is 0.